The number of amides is 2. The molecule has 1 aromatic carbocycles. The number of nitrogens with zero attached hydrogens (tertiary/aromatic N) is 2. The van der Waals surface area contributed by atoms with Crippen molar-refractivity contribution in [2.24, 2.45) is 0 Å². The molecule has 2 N–H and O–H groups in total. The number of anilines is 1. The van der Waals surface area contributed by atoms with Crippen LogP contribution in [0.2, 0.25) is 0 Å². The Bertz CT molecular complexity index is 585. The number of carbonyl (C=O) groups is 1. The maximum Gasteiger partial charge on any atom is 0.321 e. The summed E-state index contributed by atoms with van der Waals surface area (Å²) in [6.45, 7) is 1.80. The van der Waals surface area contributed by atoms with E-state index in [0.29, 0.717) is 11.0 Å². The van der Waals surface area contributed by atoms with Gasteiger partial charge in [0.1, 0.15) is 5.82 Å². The molecule has 98 valence electrons. The van der Waals surface area contributed by atoms with Gasteiger partial charge in [-0.3, -0.25) is 5.32 Å². The second-order valence-corrected chi connectivity index (χ2v) is 5.37. The smallest absolute Gasteiger partial charge is 0.321 e. The highest BCUT2D eigenvalue weighted by Crippen LogP contribution is 2.21. The zero-order chi connectivity index (χ0) is 13.2. The summed E-state index contributed by atoms with van der Waals surface area (Å²) in [5, 5.41) is 6.22. The van der Waals surface area contributed by atoms with Crippen LogP contribution in [0.4, 0.5) is 9.93 Å². The first kappa shape index (κ1) is 12.1. The molecule has 0 atom stereocenters. The molecule has 19 heavy (non-hydrogen) atoms. The van der Waals surface area contributed by atoms with Crippen molar-refractivity contribution < 1.29 is 4.79 Å². The Hall–Kier alpha value is -1.95. The average molecular weight is 274 g/mol. The molecule has 0 bridgehead atoms. The van der Waals surface area contributed by atoms with Gasteiger partial charge in [0, 0.05) is 17.6 Å². The Labute approximate surface area is 115 Å². The maximum atomic E-state index is 11.8. The molecule has 2 amide bonds. The molecule has 0 saturated heterocycles. The molecule has 3 rings (SSSR count). The van der Waals surface area contributed by atoms with Crippen LogP contribution in [0.3, 0.4) is 0 Å². The van der Waals surface area contributed by atoms with Gasteiger partial charge in [0.15, 0.2) is 0 Å². The molecule has 0 unspecified atom stereocenters. The van der Waals surface area contributed by atoms with E-state index < -0.39 is 0 Å². The van der Waals surface area contributed by atoms with Crippen molar-refractivity contribution in [3.05, 3.63) is 41.2 Å². The van der Waals surface area contributed by atoms with E-state index in [1.54, 1.807) is 6.92 Å². The van der Waals surface area contributed by atoms with Crippen molar-refractivity contribution in [1.82, 2.24) is 14.7 Å². The van der Waals surface area contributed by atoms with Crippen LogP contribution in [-0.4, -0.2) is 21.4 Å². The third kappa shape index (κ3) is 2.73. The number of benzene rings is 1. The number of hydrogen-bond acceptors (Lipinski definition) is 4. The Balaban J connectivity index is 1.57. The third-order valence-electron chi connectivity index (χ3n) is 3.13. The van der Waals surface area contributed by atoms with Gasteiger partial charge in [-0.1, -0.05) is 24.3 Å². The predicted octanol–water partition coefficient (Wildman–Crippen LogP) is 2.14. The standard InChI is InChI=1S/C13H14N4OS/c1-8-14-13(19-17-8)16-12(18)15-11-6-9-4-2-3-5-10(9)7-11/h2-5,11H,6-7H2,1H3,(H2,14,15,16,17,18). The summed E-state index contributed by atoms with van der Waals surface area (Å²) in [6.07, 6.45) is 1.78. The molecule has 1 heterocycles. The van der Waals surface area contributed by atoms with Crippen molar-refractivity contribution >= 4 is 22.7 Å². The number of nitrogens with one attached hydrogen (secondary N) is 2. The van der Waals surface area contributed by atoms with Crippen molar-refractivity contribution in [2.45, 2.75) is 25.8 Å². The highest BCUT2D eigenvalue weighted by molar-refractivity contribution is 7.09. The van der Waals surface area contributed by atoms with Gasteiger partial charge < -0.3 is 5.32 Å². The number of aromatic nitrogens is 2. The molecule has 0 aliphatic heterocycles. The number of aryl methyl sites for hydroxylation is 1. The second-order valence-electron chi connectivity index (χ2n) is 4.62. The van der Waals surface area contributed by atoms with Gasteiger partial charge >= 0.3 is 6.03 Å². The second kappa shape index (κ2) is 4.97. The lowest BCUT2D eigenvalue weighted by atomic mass is 10.1. The average Bonchev–Trinajstić information content (AvgIpc) is 2.94. The van der Waals surface area contributed by atoms with Gasteiger partial charge in [0.25, 0.3) is 0 Å². The highest BCUT2D eigenvalue weighted by Gasteiger charge is 2.22. The van der Waals surface area contributed by atoms with Crippen LogP contribution in [-0.2, 0) is 12.8 Å². The summed E-state index contributed by atoms with van der Waals surface area (Å²) >= 11 is 1.19. The summed E-state index contributed by atoms with van der Waals surface area (Å²) in [5.41, 5.74) is 2.64. The molecule has 5 nitrogen and oxygen atoms in total. The van der Waals surface area contributed by atoms with E-state index in [1.165, 1.54) is 22.7 Å². The fourth-order valence-electron chi connectivity index (χ4n) is 2.33. The van der Waals surface area contributed by atoms with Crippen LogP contribution in [0, 0.1) is 6.92 Å². The van der Waals surface area contributed by atoms with Gasteiger partial charge in [0.05, 0.1) is 0 Å². The number of hydrogen-bond donors (Lipinski definition) is 2. The molecule has 0 saturated carbocycles. The number of fused-ring (bicyclic) bond motifs is 1. The minimum atomic E-state index is -0.214. The molecule has 1 aliphatic rings. The maximum absolute atomic E-state index is 11.8. The molecule has 1 aromatic heterocycles. The van der Waals surface area contributed by atoms with E-state index in [2.05, 4.69) is 32.1 Å². The largest absolute Gasteiger partial charge is 0.334 e. The molecule has 0 fully saturated rings. The fourth-order valence-corrected chi connectivity index (χ4v) is 2.90. The first-order chi connectivity index (χ1) is 9.20. The summed E-state index contributed by atoms with van der Waals surface area (Å²) in [5.74, 6) is 0.675. The summed E-state index contributed by atoms with van der Waals surface area (Å²) < 4.78 is 4.02. The number of rotatable bonds is 2. The van der Waals surface area contributed by atoms with Gasteiger partial charge in [-0.15, -0.1) is 0 Å². The molecule has 0 radical (unpaired) electrons. The third-order valence-corrected chi connectivity index (χ3v) is 3.86. The zero-order valence-corrected chi connectivity index (χ0v) is 11.3. The van der Waals surface area contributed by atoms with E-state index in [0.717, 1.165) is 12.8 Å². The van der Waals surface area contributed by atoms with Gasteiger partial charge in [-0.25, -0.2) is 9.78 Å². The summed E-state index contributed by atoms with van der Waals surface area (Å²) in [4.78, 5) is 15.9. The Morgan fingerprint density at radius 1 is 1.32 bits per heavy atom. The highest BCUT2D eigenvalue weighted by atomic mass is 32.1. The van der Waals surface area contributed by atoms with Gasteiger partial charge in [-0.2, -0.15) is 4.37 Å². The zero-order valence-electron chi connectivity index (χ0n) is 10.5. The van der Waals surface area contributed by atoms with Crippen LogP contribution in [0.25, 0.3) is 0 Å². The lowest BCUT2D eigenvalue weighted by Gasteiger charge is -2.11. The van der Waals surface area contributed by atoms with E-state index >= 15 is 0 Å². The van der Waals surface area contributed by atoms with E-state index in [-0.39, 0.29) is 12.1 Å². The van der Waals surface area contributed by atoms with Gasteiger partial charge in [-0.05, 0) is 30.9 Å². The normalized spacial score (nSPS) is 14.2. The Morgan fingerprint density at radius 3 is 2.58 bits per heavy atom. The summed E-state index contributed by atoms with van der Waals surface area (Å²) in [7, 11) is 0. The summed E-state index contributed by atoms with van der Waals surface area (Å²) in [6, 6.07) is 8.24. The van der Waals surface area contributed by atoms with E-state index in [9.17, 15) is 4.79 Å². The molecule has 2 aromatic rings. The van der Waals surface area contributed by atoms with Crippen molar-refractivity contribution in [3.63, 3.8) is 0 Å². The van der Waals surface area contributed by atoms with Crippen LogP contribution in [0.15, 0.2) is 24.3 Å². The van der Waals surface area contributed by atoms with Crippen LogP contribution >= 0.6 is 11.5 Å². The van der Waals surface area contributed by atoms with Crippen molar-refractivity contribution in [1.29, 1.82) is 0 Å². The molecular formula is C13H14N4OS. The quantitative estimate of drug-likeness (QED) is 0.881. The van der Waals surface area contributed by atoms with E-state index in [1.807, 2.05) is 12.1 Å². The fraction of sp³-hybridized carbons (Fsp3) is 0.308. The Morgan fingerprint density at radius 2 is 2.00 bits per heavy atom. The monoisotopic (exact) mass is 274 g/mol. The van der Waals surface area contributed by atoms with Crippen molar-refractivity contribution in [3.8, 4) is 0 Å². The first-order valence-electron chi connectivity index (χ1n) is 6.15. The molecule has 0 spiro atoms. The van der Waals surface area contributed by atoms with Crippen molar-refractivity contribution in [2.75, 3.05) is 5.32 Å². The lowest BCUT2D eigenvalue weighted by molar-refractivity contribution is 0.249. The van der Waals surface area contributed by atoms with Gasteiger partial charge in [0.2, 0.25) is 5.13 Å². The molecular weight excluding hydrogens is 260 g/mol. The lowest BCUT2D eigenvalue weighted by Crippen LogP contribution is -2.38. The first-order valence-corrected chi connectivity index (χ1v) is 6.92. The minimum absolute atomic E-state index is 0.159. The predicted molar refractivity (Wildman–Crippen MR) is 74.4 cm³/mol. The molecule has 6 heteroatoms. The van der Waals surface area contributed by atoms with Crippen LogP contribution < -0.4 is 10.6 Å². The number of urea groups is 1. The Kier molecular flexibility index (Phi) is 3.16. The minimum Gasteiger partial charge on any atom is -0.334 e. The number of carbonyl (C=O) groups excluding carboxylic acids is 1. The van der Waals surface area contributed by atoms with E-state index in [4.69, 9.17) is 0 Å². The SMILES string of the molecule is Cc1nsc(NC(=O)NC2Cc3ccccc3C2)n1. The van der Waals surface area contributed by atoms with Crippen LogP contribution in [0.1, 0.15) is 17.0 Å². The topological polar surface area (TPSA) is 66.9 Å². The van der Waals surface area contributed by atoms with Crippen LogP contribution in [0.5, 0.6) is 0 Å². The molecule has 1 aliphatic carbocycles.